The highest BCUT2D eigenvalue weighted by molar-refractivity contribution is 6.07. The lowest BCUT2D eigenvalue weighted by Crippen LogP contribution is -2.47. The van der Waals surface area contributed by atoms with Crippen molar-refractivity contribution in [1.82, 2.24) is 15.1 Å². The zero-order chi connectivity index (χ0) is 19.2. The molecule has 1 aromatic carbocycles. The lowest BCUT2D eigenvalue weighted by molar-refractivity contribution is -0.132. The molecule has 1 aliphatic carbocycles. The third-order valence-electron chi connectivity index (χ3n) is 6.61. The van der Waals surface area contributed by atoms with Gasteiger partial charge in [-0.25, -0.2) is 4.79 Å². The molecule has 27 heavy (non-hydrogen) atoms. The average Bonchev–Trinajstić information content (AvgIpc) is 3.28. The van der Waals surface area contributed by atoms with Crippen LogP contribution in [0.5, 0.6) is 0 Å². The van der Waals surface area contributed by atoms with Crippen LogP contribution in [0.4, 0.5) is 4.79 Å². The van der Waals surface area contributed by atoms with Crippen molar-refractivity contribution in [3.63, 3.8) is 0 Å². The molecule has 1 N–H and O–H groups in total. The molecule has 3 amide bonds. The first kappa shape index (κ1) is 18.0. The monoisotopic (exact) mass is 368 g/mol. The van der Waals surface area contributed by atoms with Crippen LogP contribution in [0.1, 0.15) is 37.8 Å². The number of rotatable bonds is 3. The predicted molar refractivity (Wildman–Crippen MR) is 104 cm³/mol. The number of benzene rings is 1. The molecule has 3 aliphatic rings. The van der Waals surface area contributed by atoms with Gasteiger partial charge in [0.1, 0.15) is 11.4 Å². The fraction of sp³-hybridized carbons (Fsp3) is 0.571. The van der Waals surface area contributed by atoms with Gasteiger partial charge in [0, 0.05) is 32.1 Å². The van der Waals surface area contributed by atoms with Gasteiger partial charge in [-0.3, -0.25) is 14.7 Å². The van der Waals surface area contributed by atoms with Gasteiger partial charge in [-0.2, -0.15) is 0 Å². The largest absolute Gasteiger partial charge is 0.334 e. The number of aryl methyl sites for hydroxylation is 1. The van der Waals surface area contributed by atoms with Crippen molar-refractivity contribution >= 4 is 17.8 Å². The van der Waals surface area contributed by atoms with Crippen molar-refractivity contribution in [3.8, 4) is 0 Å². The highest BCUT2D eigenvalue weighted by Crippen LogP contribution is 2.50. The molecule has 144 valence electrons. The van der Waals surface area contributed by atoms with Crippen LogP contribution in [0.2, 0.25) is 0 Å². The molecule has 2 fully saturated rings. The van der Waals surface area contributed by atoms with Crippen molar-refractivity contribution in [1.29, 1.82) is 0 Å². The lowest BCUT2D eigenvalue weighted by Gasteiger charge is -2.27. The quantitative estimate of drug-likeness (QED) is 0.891. The van der Waals surface area contributed by atoms with Gasteiger partial charge in [-0.05, 0) is 50.7 Å². The van der Waals surface area contributed by atoms with E-state index in [9.17, 15) is 9.59 Å². The van der Waals surface area contributed by atoms with E-state index in [4.69, 9.17) is 4.99 Å². The predicted octanol–water partition coefficient (Wildman–Crippen LogP) is 2.57. The molecule has 0 unspecified atom stereocenters. The second kappa shape index (κ2) is 6.66. The Labute approximate surface area is 160 Å². The van der Waals surface area contributed by atoms with Crippen LogP contribution in [0.15, 0.2) is 29.3 Å². The summed E-state index contributed by atoms with van der Waals surface area (Å²) in [6, 6.07) is 8.04. The van der Waals surface area contributed by atoms with Crippen molar-refractivity contribution in [2.75, 3.05) is 19.6 Å². The molecule has 1 saturated heterocycles. The van der Waals surface area contributed by atoms with Gasteiger partial charge in [-0.15, -0.1) is 0 Å². The zero-order valence-electron chi connectivity index (χ0n) is 16.4. The van der Waals surface area contributed by atoms with E-state index in [1.165, 1.54) is 5.56 Å². The van der Waals surface area contributed by atoms with E-state index in [1.807, 2.05) is 36.9 Å². The van der Waals surface area contributed by atoms with Crippen molar-refractivity contribution in [2.24, 2.45) is 16.8 Å². The van der Waals surface area contributed by atoms with Crippen LogP contribution in [-0.4, -0.2) is 52.7 Å². The van der Waals surface area contributed by atoms with Crippen LogP contribution < -0.4 is 5.32 Å². The number of nitrogens with one attached hydrogen (secondary N) is 1. The minimum atomic E-state index is -0.629. The summed E-state index contributed by atoms with van der Waals surface area (Å²) in [7, 11) is 0. The van der Waals surface area contributed by atoms with Gasteiger partial charge in [0.05, 0.1) is 0 Å². The highest BCUT2D eigenvalue weighted by Gasteiger charge is 2.60. The van der Waals surface area contributed by atoms with Gasteiger partial charge in [0.25, 0.3) is 5.91 Å². The van der Waals surface area contributed by atoms with Gasteiger partial charge in [0.15, 0.2) is 0 Å². The number of likely N-dealkylation sites (tertiary alicyclic amines) is 1. The van der Waals surface area contributed by atoms with E-state index in [0.717, 1.165) is 30.8 Å². The molecule has 0 radical (unpaired) electrons. The zero-order valence-corrected chi connectivity index (χ0v) is 16.4. The first-order chi connectivity index (χ1) is 13.0. The number of likely N-dealkylation sites (N-methyl/N-ethyl adjacent to an activating group) is 1. The summed E-state index contributed by atoms with van der Waals surface area (Å²) in [5.74, 6) is 1.47. The smallest absolute Gasteiger partial charge is 0.317 e. The normalized spacial score (nSPS) is 29.4. The Morgan fingerprint density at radius 1 is 1.30 bits per heavy atom. The standard InChI is InChI=1S/C21H28N4O2/c1-4-25-15(3)23-21(19(25)26)10-9-17-12-24(13-18(17)21)20(27)22-11-16-8-6-5-7-14(16)2/h5-8,17-18H,4,9-13H2,1-3H3,(H,22,27)/t17-,18+,21-/m1/s1. The van der Waals surface area contributed by atoms with E-state index < -0.39 is 5.54 Å². The first-order valence-corrected chi connectivity index (χ1v) is 9.92. The molecule has 2 heterocycles. The number of amides is 3. The molecule has 6 nitrogen and oxygen atoms in total. The molecule has 1 aromatic rings. The van der Waals surface area contributed by atoms with Crippen LogP contribution in [0.3, 0.4) is 0 Å². The maximum Gasteiger partial charge on any atom is 0.317 e. The van der Waals surface area contributed by atoms with E-state index in [1.54, 1.807) is 4.90 Å². The number of urea groups is 1. The minimum Gasteiger partial charge on any atom is -0.334 e. The number of nitrogens with zero attached hydrogens (tertiary/aromatic N) is 3. The molecule has 0 bridgehead atoms. The fourth-order valence-corrected chi connectivity index (χ4v) is 5.11. The Kier molecular flexibility index (Phi) is 4.44. The number of amidine groups is 1. The highest BCUT2D eigenvalue weighted by atomic mass is 16.2. The third-order valence-corrected chi connectivity index (χ3v) is 6.61. The summed E-state index contributed by atoms with van der Waals surface area (Å²) < 4.78 is 0. The molecule has 3 atom stereocenters. The van der Waals surface area contributed by atoms with Crippen molar-refractivity contribution < 1.29 is 9.59 Å². The molecule has 1 spiro atoms. The maximum atomic E-state index is 13.0. The number of hydrogen-bond acceptors (Lipinski definition) is 3. The van der Waals surface area contributed by atoms with Crippen molar-refractivity contribution in [2.45, 2.75) is 45.7 Å². The Morgan fingerprint density at radius 3 is 2.78 bits per heavy atom. The fourth-order valence-electron chi connectivity index (χ4n) is 5.11. The molecule has 6 heteroatoms. The molecular formula is C21H28N4O2. The van der Waals surface area contributed by atoms with E-state index in [0.29, 0.717) is 25.6 Å². The summed E-state index contributed by atoms with van der Waals surface area (Å²) in [6.45, 7) is 8.49. The summed E-state index contributed by atoms with van der Waals surface area (Å²) in [6.07, 6.45) is 1.78. The number of aliphatic imine (C=N–C) groups is 1. The van der Waals surface area contributed by atoms with Gasteiger partial charge in [-0.1, -0.05) is 24.3 Å². The first-order valence-electron chi connectivity index (χ1n) is 9.92. The Hall–Kier alpha value is -2.37. The van der Waals surface area contributed by atoms with E-state index in [-0.39, 0.29) is 17.9 Å². The number of carbonyl (C=O) groups excluding carboxylic acids is 2. The van der Waals surface area contributed by atoms with Crippen LogP contribution in [0, 0.1) is 18.8 Å². The van der Waals surface area contributed by atoms with Crippen molar-refractivity contribution in [3.05, 3.63) is 35.4 Å². The summed E-state index contributed by atoms with van der Waals surface area (Å²) in [5, 5.41) is 3.05. The number of fused-ring (bicyclic) bond motifs is 2. The number of hydrogen-bond donors (Lipinski definition) is 1. The summed E-state index contributed by atoms with van der Waals surface area (Å²) in [5.41, 5.74) is 1.68. The molecular weight excluding hydrogens is 340 g/mol. The Bertz CT molecular complexity index is 805. The topological polar surface area (TPSA) is 65.0 Å². The minimum absolute atomic E-state index is 0.0405. The second-order valence-corrected chi connectivity index (χ2v) is 8.03. The number of carbonyl (C=O) groups is 2. The third kappa shape index (κ3) is 2.82. The van der Waals surface area contributed by atoms with Gasteiger partial charge < -0.3 is 10.2 Å². The Morgan fingerprint density at radius 2 is 2.07 bits per heavy atom. The van der Waals surface area contributed by atoms with Crippen LogP contribution in [0.25, 0.3) is 0 Å². The van der Waals surface area contributed by atoms with E-state index >= 15 is 0 Å². The van der Waals surface area contributed by atoms with Gasteiger partial charge in [0.2, 0.25) is 0 Å². The second-order valence-electron chi connectivity index (χ2n) is 8.03. The lowest BCUT2D eigenvalue weighted by atomic mass is 9.85. The SMILES string of the molecule is CCN1C(=O)[C@]2(CC[C@@H]3CN(C(=O)NCc4ccccc4C)C[C@@H]32)N=C1C. The average molecular weight is 368 g/mol. The van der Waals surface area contributed by atoms with Gasteiger partial charge >= 0.3 is 6.03 Å². The molecule has 2 aliphatic heterocycles. The molecule has 0 aromatic heterocycles. The summed E-state index contributed by atoms with van der Waals surface area (Å²) in [4.78, 5) is 34.2. The van der Waals surface area contributed by atoms with E-state index in [2.05, 4.69) is 18.3 Å². The molecule has 4 rings (SSSR count). The van der Waals surface area contributed by atoms with Crippen LogP contribution in [-0.2, 0) is 11.3 Å². The summed E-state index contributed by atoms with van der Waals surface area (Å²) >= 11 is 0. The maximum absolute atomic E-state index is 13.0. The van der Waals surface area contributed by atoms with Crippen LogP contribution >= 0.6 is 0 Å². The molecule has 1 saturated carbocycles. The Balaban J connectivity index is 1.44.